The van der Waals surface area contributed by atoms with Crippen LogP contribution in [0.3, 0.4) is 0 Å². The Bertz CT molecular complexity index is 1130. The van der Waals surface area contributed by atoms with Gasteiger partial charge in [-0.1, -0.05) is 43.3 Å². The Morgan fingerprint density at radius 2 is 1.63 bits per heavy atom. The topological polar surface area (TPSA) is 93.1 Å². The van der Waals surface area contributed by atoms with Crippen LogP contribution in [0.1, 0.15) is 13.3 Å². The first kappa shape index (κ1) is 20.8. The summed E-state index contributed by atoms with van der Waals surface area (Å²) in [6.45, 7) is 1.02. The predicted molar refractivity (Wildman–Crippen MR) is 108 cm³/mol. The summed E-state index contributed by atoms with van der Waals surface area (Å²) in [6.07, 6.45) is 0.148. The second-order valence-corrected chi connectivity index (χ2v) is 6.32. The Morgan fingerprint density at radius 3 is 2.27 bits per heavy atom. The highest BCUT2D eigenvalue weighted by Gasteiger charge is 2.16. The van der Waals surface area contributed by atoms with E-state index in [1.165, 1.54) is 12.1 Å². The predicted octanol–water partition coefficient (Wildman–Crippen LogP) is 3.18. The average molecular weight is 412 g/mol. The molecular weight excluding hydrogens is 394 g/mol. The van der Waals surface area contributed by atoms with Crippen LogP contribution in [0.2, 0.25) is 0 Å². The second kappa shape index (κ2) is 9.08. The van der Waals surface area contributed by atoms with Crippen LogP contribution in [0.4, 0.5) is 20.2 Å². The van der Waals surface area contributed by atoms with Crippen LogP contribution in [0, 0.1) is 11.6 Å². The smallest absolute Gasteiger partial charge is 0.291 e. The van der Waals surface area contributed by atoms with Crippen molar-refractivity contribution in [2.45, 2.75) is 19.9 Å². The van der Waals surface area contributed by atoms with Gasteiger partial charge < -0.3 is 10.6 Å². The van der Waals surface area contributed by atoms with Crippen LogP contribution in [0.15, 0.2) is 59.4 Å². The number of nitrogens with one attached hydrogen (secondary N) is 2. The Labute approximate surface area is 170 Å². The van der Waals surface area contributed by atoms with Crippen LogP contribution in [0.5, 0.6) is 0 Å². The van der Waals surface area contributed by atoms with Gasteiger partial charge in [0.2, 0.25) is 11.8 Å². The number of rotatable bonds is 6. The maximum Gasteiger partial charge on any atom is 0.291 e. The molecule has 0 radical (unpaired) electrons. The van der Waals surface area contributed by atoms with Gasteiger partial charge in [-0.05, 0) is 18.2 Å². The lowest BCUT2D eigenvalue weighted by Crippen LogP contribution is -2.32. The van der Waals surface area contributed by atoms with Gasteiger partial charge in [0, 0.05) is 12.0 Å². The molecular formula is C21H18F2N4O3. The molecule has 0 aliphatic heterocycles. The fraction of sp³-hybridized carbons (Fsp3) is 0.143. The molecule has 0 saturated carbocycles. The second-order valence-electron chi connectivity index (χ2n) is 6.32. The number of hydrogen-bond acceptors (Lipinski definition) is 4. The zero-order valence-electron chi connectivity index (χ0n) is 16.0. The molecule has 2 N–H and O–H groups in total. The molecule has 2 amide bonds. The van der Waals surface area contributed by atoms with Crippen molar-refractivity contribution in [1.29, 1.82) is 0 Å². The molecule has 3 aromatic rings. The summed E-state index contributed by atoms with van der Waals surface area (Å²) >= 11 is 0. The lowest BCUT2D eigenvalue weighted by molar-refractivity contribution is -0.117. The Kier molecular flexibility index (Phi) is 6.31. The van der Waals surface area contributed by atoms with Crippen molar-refractivity contribution in [3.8, 4) is 11.3 Å². The van der Waals surface area contributed by atoms with Gasteiger partial charge in [-0.15, -0.1) is 0 Å². The molecule has 9 heteroatoms. The van der Waals surface area contributed by atoms with Gasteiger partial charge in [-0.3, -0.25) is 14.4 Å². The number of para-hydroxylation sites is 1. The van der Waals surface area contributed by atoms with Gasteiger partial charge in [-0.25, -0.2) is 13.5 Å². The summed E-state index contributed by atoms with van der Waals surface area (Å²) in [7, 11) is 0. The molecule has 0 aliphatic rings. The van der Waals surface area contributed by atoms with Gasteiger partial charge in [0.05, 0.1) is 5.69 Å². The van der Waals surface area contributed by atoms with Crippen molar-refractivity contribution >= 4 is 23.2 Å². The van der Waals surface area contributed by atoms with E-state index >= 15 is 0 Å². The first-order valence-electron chi connectivity index (χ1n) is 9.10. The van der Waals surface area contributed by atoms with Crippen molar-refractivity contribution in [2.24, 2.45) is 0 Å². The number of anilines is 2. The SMILES string of the molecule is CCC(=O)Nc1cc(-c2ccccc2)nn(CC(=O)Nc2c(F)cccc2F)c1=O. The van der Waals surface area contributed by atoms with Crippen LogP contribution in [0.25, 0.3) is 11.3 Å². The average Bonchev–Trinajstić information content (AvgIpc) is 2.74. The number of halogens is 2. The number of carbonyl (C=O) groups is 2. The van der Waals surface area contributed by atoms with Crippen molar-refractivity contribution in [3.05, 3.63) is 76.6 Å². The standard InChI is InChI=1S/C21H18F2N4O3/c1-2-18(28)24-17-11-16(13-7-4-3-5-8-13)26-27(21(17)30)12-19(29)25-20-14(22)9-6-10-15(20)23/h3-11H,2,12H2,1H3,(H,24,28)(H,25,29). The fourth-order valence-corrected chi connectivity index (χ4v) is 2.66. The molecule has 154 valence electrons. The van der Waals surface area contributed by atoms with E-state index < -0.39 is 35.3 Å². The summed E-state index contributed by atoms with van der Waals surface area (Å²) in [5.41, 5.74) is -0.402. The minimum atomic E-state index is -0.947. The minimum Gasteiger partial charge on any atom is -0.321 e. The maximum absolute atomic E-state index is 13.8. The number of benzene rings is 2. The molecule has 0 aliphatic carbocycles. The molecule has 7 nitrogen and oxygen atoms in total. The highest BCUT2D eigenvalue weighted by atomic mass is 19.1. The summed E-state index contributed by atoms with van der Waals surface area (Å²) in [5, 5.41) is 8.76. The lowest BCUT2D eigenvalue weighted by Gasteiger charge is -2.12. The van der Waals surface area contributed by atoms with E-state index in [-0.39, 0.29) is 18.0 Å². The van der Waals surface area contributed by atoms with Crippen molar-refractivity contribution in [1.82, 2.24) is 9.78 Å². The zero-order chi connectivity index (χ0) is 21.7. The van der Waals surface area contributed by atoms with E-state index in [9.17, 15) is 23.2 Å². The van der Waals surface area contributed by atoms with Crippen molar-refractivity contribution in [3.63, 3.8) is 0 Å². The normalized spacial score (nSPS) is 10.5. The van der Waals surface area contributed by atoms with Crippen LogP contribution >= 0.6 is 0 Å². The van der Waals surface area contributed by atoms with E-state index in [1.54, 1.807) is 37.3 Å². The molecule has 0 spiro atoms. The zero-order valence-corrected chi connectivity index (χ0v) is 16.0. The van der Waals surface area contributed by atoms with E-state index in [2.05, 4.69) is 15.7 Å². The first-order valence-corrected chi connectivity index (χ1v) is 9.10. The summed E-state index contributed by atoms with van der Waals surface area (Å²) in [5.74, 6) is -3.14. The molecule has 0 unspecified atom stereocenters. The highest BCUT2D eigenvalue weighted by molar-refractivity contribution is 5.92. The minimum absolute atomic E-state index is 0.0550. The van der Waals surface area contributed by atoms with Crippen molar-refractivity contribution in [2.75, 3.05) is 10.6 Å². The molecule has 0 fully saturated rings. The van der Waals surface area contributed by atoms with Crippen molar-refractivity contribution < 1.29 is 18.4 Å². The van der Waals surface area contributed by atoms with E-state index in [0.717, 1.165) is 16.8 Å². The lowest BCUT2D eigenvalue weighted by atomic mass is 10.1. The van der Waals surface area contributed by atoms with Gasteiger partial charge in [-0.2, -0.15) is 5.10 Å². The first-order chi connectivity index (χ1) is 14.4. The number of amides is 2. The summed E-state index contributed by atoms with van der Waals surface area (Å²) in [6, 6.07) is 13.4. The molecule has 0 saturated heterocycles. The molecule has 0 atom stereocenters. The third-order valence-corrected chi connectivity index (χ3v) is 4.16. The third kappa shape index (κ3) is 4.75. The highest BCUT2D eigenvalue weighted by Crippen LogP contribution is 2.19. The largest absolute Gasteiger partial charge is 0.321 e. The maximum atomic E-state index is 13.8. The van der Waals surface area contributed by atoms with Crippen LogP contribution in [-0.2, 0) is 16.1 Å². The molecule has 1 heterocycles. The molecule has 3 rings (SSSR count). The van der Waals surface area contributed by atoms with E-state index in [0.29, 0.717) is 11.3 Å². The molecule has 0 bridgehead atoms. The van der Waals surface area contributed by atoms with E-state index in [1.807, 2.05) is 0 Å². The molecule has 30 heavy (non-hydrogen) atoms. The summed E-state index contributed by atoms with van der Waals surface area (Å²) in [4.78, 5) is 36.8. The number of aromatic nitrogens is 2. The Balaban J connectivity index is 1.96. The van der Waals surface area contributed by atoms with Gasteiger partial charge >= 0.3 is 0 Å². The Hall–Kier alpha value is -3.88. The fourth-order valence-electron chi connectivity index (χ4n) is 2.66. The Morgan fingerprint density at radius 1 is 0.967 bits per heavy atom. The van der Waals surface area contributed by atoms with Gasteiger partial charge in [0.25, 0.3) is 5.56 Å². The van der Waals surface area contributed by atoms with Gasteiger partial charge in [0.15, 0.2) is 0 Å². The molecule has 2 aromatic carbocycles. The van der Waals surface area contributed by atoms with Crippen LogP contribution in [-0.4, -0.2) is 21.6 Å². The number of carbonyl (C=O) groups excluding carboxylic acids is 2. The number of hydrogen-bond donors (Lipinski definition) is 2. The molecule has 1 aromatic heterocycles. The summed E-state index contributed by atoms with van der Waals surface area (Å²) < 4.78 is 28.4. The third-order valence-electron chi connectivity index (χ3n) is 4.16. The van der Waals surface area contributed by atoms with E-state index in [4.69, 9.17) is 0 Å². The van der Waals surface area contributed by atoms with Crippen LogP contribution < -0.4 is 16.2 Å². The quantitative estimate of drug-likeness (QED) is 0.650. The monoisotopic (exact) mass is 412 g/mol. The van der Waals surface area contributed by atoms with Gasteiger partial charge in [0.1, 0.15) is 29.6 Å². The number of nitrogens with zero attached hydrogens (tertiary/aromatic N) is 2.